The van der Waals surface area contributed by atoms with Crippen LogP contribution in [-0.4, -0.2) is 21.2 Å². The highest BCUT2D eigenvalue weighted by molar-refractivity contribution is 5.94. The van der Waals surface area contributed by atoms with Gasteiger partial charge in [-0.25, -0.2) is 0 Å². The van der Waals surface area contributed by atoms with Gasteiger partial charge >= 0.3 is 6.18 Å². The number of halogens is 3. The monoisotopic (exact) mass is 193 g/mol. The van der Waals surface area contributed by atoms with E-state index < -0.39 is 23.3 Å². The van der Waals surface area contributed by atoms with Crippen LogP contribution >= 0.6 is 0 Å². The van der Waals surface area contributed by atoms with Crippen LogP contribution in [0.25, 0.3) is 0 Å². The number of ketones is 1. The zero-order valence-corrected chi connectivity index (χ0v) is 6.64. The van der Waals surface area contributed by atoms with Gasteiger partial charge in [0.1, 0.15) is 0 Å². The summed E-state index contributed by atoms with van der Waals surface area (Å²) < 4.78 is 36.3. The SMILES string of the molecule is CCC(=O)c1n[nH]nc1C(F)(F)F. The minimum absolute atomic E-state index is 0.0321. The maximum atomic E-state index is 12.1. The summed E-state index contributed by atoms with van der Waals surface area (Å²) in [5.41, 5.74) is -1.89. The molecule has 0 aliphatic heterocycles. The number of aromatic amines is 1. The Kier molecular flexibility index (Phi) is 2.35. The fourth-order valence-corrected chi connectivity index (χ4v) is 0.790. The van der Waals surface area contributed by atoms with E-state index in [9.17, 15) is 18.0 Å². The zero-order valence-electron chi connectivity index (χ0n) is 6.64. The van der Waals surface area contributed by atoms with Crippen LogP contribution in [0.4, 0.5) is 13.2 Å². The third-order valence-corrected chi connectivity index (χ3v) is 1.40. The number of alkyl halides is 3. The lowest BCUT2D eigenvalue weighted by molar-refractivity contribution is -0.141. The van der Waals surface area contributed by atoms with Crippen LogP contribution in [0, 0.1) is 0 Å². The molecule has 0 amide bonds. The first kappa shape index (κ1) is 9.69. The van der Waals surface area contributed by atoms with E-state index in [0.29, 0.717) is 0 Å². The summed E-state index contributed by atoms with van der Waals surface area (Å²) in [6, 6.07) is 0. The molecule has 1 N–H and O–H groups in total. The number of hydrogen-bond acceptors (Lipinski definition) is 3. The Morgan fingerprint density at radius 1 is 1.46 bits per heavy atom. The fourth-order valence-electron chi connectivity index (χ4n) is 0.790. The number of Topliss-reactive ketones (excluding diaryl/α,β-unsaturated/α-hetero) is 1. The summed E-state index contributed by atoms with van der Waals surface area (Å²) in [5, 5.41) is 7.80. The van der Waals surface area contributed by atoms with Gasteiger partial charge < -0.3 is 0 Å². The Morgan fingerprint density at radius 3 is 2.54 bits per heavy atom. The molecular formula is C6H6F3N3O. The summed E-state index contributed by atoms with van der Waals surface area (Å²) in [6.45, 7) is 1.46. The van der Waals surface area contributed by atoms with Crippen molar-refractivity contribution in [1.82, 2.24) is 15.4 Å². The minimum Gasteiger partial charge on any atom is -0.292 e. The topological polar surface area (TPSA) is 58.6 Å². The maximum Gasteiger partial charge on any atom is 0.437 e. The lowest BCUT2D eigenvalue weighted by Gasteiger charge is -2.02. The van der Waals surface area contributed by atoms with Crippen molar-refractivity contribution in [3.05, 3.63) is 11.4 Å². The van der Waals surface area contributed by atoms with Crippen LogP contribution in [0.2, 0.25) is 0 Å². The van der Waals surface area contributed by atoms with Gasteiger partial charge in [0.05, 0.1) is 0 Å². The summed E-state index contributed by atoms with van der Waals surface area (Å²) in [7, 11) is 0. The average molecular weight is 193 g/mol. The summed E-state index contributed by atoms with van der Waals surface area (Å²) in [5.74, 6) is -0.680. The normalized spacial score (nSPS) is 11.7. The molecule has 0 fully saturated rings. The molecule has 72 valence electrons. The lowest BCUT2D eigenvalue weighted by atomic mass is 10.2. The van der Waals surface area contributed by atoms with E-state index >= 15 is 0 Å². The highest BCUT2D eigenvalue weighted by atomic mass is 19.4. The van der Waals surface area contributed by atoms with Crippen LogP contribution in [0.5, 0.6) is 0 Å². The third-order valence-electron chi connectivity index (χ3n) is 1.40. The van der Waals surface area contributed by atoms with Crippen molar-refractivity contribution in [2.45, 2.75) is 19.5 Å². The second-order valence-electron chi connectivity index (χ2n) is 2.30. The quantitative estimate of drug-likeness (QED) is 0.722. The van der Waals surface area contributed by atoms with Crippen LogP contribution in [0.1, 0.15) is 29.5 Å². The third kappa shape index (κ3) is 1.85. The van der Waals surface area contributed by atoms with E-state index in [4.69, 9.17) is 0 Å². The van der Waals surface area contributed by atoms with Crippen LogP contribution in [0.3, 0.4) is 0 Å². The molecule has 0 bridgehead atoms. The molecular weight excluding hydrogens is 187 g/mol. The molecule has 1 rings (SSSR count). The van der Waals surface area contributed by atoms with Crippen molar-refractivity contribution < 1.29 is 18.0 Å². The minimum atomic E-state index is -4.63. The molecule has 13 heavy (non-hydrogen) atoms. The Labute approximate surface area is 71.1 Å². The highest BCUT2D eigenvalue weighted by Gasteiger charge is 2.39. The fraction of sp³-hybridized carbons (Fsp3) is 0.500. The highest BCUT2D eigenvalue weighted by Crippen LogP contribution is 2.29. The van der Waals surface area contributed by atoms with Gasteiger partial charge in [0, 0.05) is 6.42 Å². The number of aromatic nitrogens is 3. The molecule has 1 heterocycles. The standard InChI is InChI=1S/C6H6F3N3O/c1-2-3(13)4-5(6(7,8)9)11-12-10-4/h2H2,1H3,(H,10,11,12). The van der Waals surface area contributed by atoms with Crippen molar-refractivity contribution in [3.63, 3.8) is 0 Å². The van der Waals surface area contributed by atoms with E-state index in [-0.39, 0.29) is 6.42 Å². The number of hydrogen-bond donors (Lipinski definition) is 1. The summed E-state index contributed by atoms with van der Waals surface area (Å²) >= 11 is 0. The van der Waals surface area contributed by atoms with E-state index in [2.05, 4.69) is 10.2 Å². The second kappa shape index (κ2) is 3.15. The summed E-state index contributed by atoms with van der Waals surface area (Å²) in [4.78, 5) is 10.9. The Hall–Kier alpha value is -1.40. The van der Waals surface area contributed by atoms with E-state index in [1.54, 1.807) is 5.21 Å². The molecule has 0 aromatic carbocycles. The maximum absolute atomic E-state index is 12.1. The van der Waals surface area contributed by atoms with Gasteiger partial charge in [-0.1, -0.05) is 6.92 Å². The lowest BCUT2D eigenvalue weighted by Crippen LogP contribution is -2.12. The molecule has 0 aliphatic carbocycles. The zero-order chi connectivity index (χ0) is 10.1. The molecule has 0 saturated heterocycles. The van der Waals surface area contributed by atoms with Crippen molar-refractivity contribution >= 4 is 5.78 Å². The van der Waals surface area contributed by atoms with E-state index in [1.165, 1.54) is 6.92 Å². The van der Waals surface area contributed by atoms with Crippen LogP contribution < -0.4 is 0 Å². The molecule has 0 atom stereocenters. The van der Waals surface area contributed by atoms with Crippen molar-refractivity contribution in [2.24, 2.45) is 0 Å². The van der Waals surface area contributed by atoms with Crippen LogP contribution in [-0.2, 0) is 6.18 Å². The number of nitrogens with one attached hydrogen (secondary N) is 1. The number of carbonyl (C=O) groups excluding carboxylic acids is 1. The number of nitrogens with zero attached hydrogens (tertiary/aromatic N) is 2. The molecule has 0 aliphatic rings. The molecule has 0 radical (unpaired) electrons. The number of H-pyrrole nitrogens is 1. The number of rotatable bonds is 2. The first-order chi connectivity index (χ1) is 5.96. The first-order valence-corrected chi connectivity index (χ1v) is 3.48. The van der Waals surface area contributed by atoms with Crippen molar-refractivity contribution in [1.29, 1.82) is 0 Å². The van der Waals surface area contributed by atoms with Gasteiger partial charge in [-0.05, 0) is 0 Å². The van der Waals surface area contributed by atoms with Crippen molar-refractivity contribution in [3.8, 4) is 0 Å². The van der Waals surface area contributed by atoms with E-state index in [0.717, 1.165) is 0 Å². The predicted octanol–water partition coefficient (Wildman–Crippen LogP) is 1.42. The van der Waals surface area contributed by atoms with Gasteiger partial charge in [0.2, 0.25) is 0 Å². The molecule has 1 aromatic rings. The molecule has 7 heteroatoms. The smallest absolute Gasteiger partial charge is 0.292 e. The first-order valence-electron chi connectivity index (χ1n) is 3.48. The van der Waals surface area contributed by atoms with Gasteiger partial charge in [-0.3, -0.25) is 4.79 Å². The second-order valence-corrected chi connectivity index (χ2v) is 2.30. The van der Waals surface area contributed by atoms with Crippen molar-refractivity contribution in [2.75, 3.05) is 0 Å². The van der Waals surface area contributed by atoms with Gasteiger partial charge in [-0.15, -0.1) is 0 Å². The van der Waals surface area contributed by atoms with Crippen LogP contribution in [0.15, 0.2) is 0 Å². The Morgan fingerprint density at radius 2 is 2.08 bits per heavy atom. The Balaban J connectivity index is 3.10. The van der Waals surface area contributed by atoms with E-state index in [1.807, 2.05) is 0 Å². The van der Waals surface area contributed by atoms with Gasteiger partial charge in [0.15, 0.2) is 17.2 Å². The molecule has 0 saturated carbocycles. The molecule has 4 nitrogen and oxygen atoms in total. The van der Waals surface area contributed by atoms with Gasteiger partial charge in [-0.2, -0.15) is 28.6 Å². The largest absolute Gasteiger partial charge is 0.437 e. The predicted molar refractivity (Wildman–Crippen MR) is 36.0 cm³/mol. The molecule has 0 spiro atoms. The Bertz CT molecular complexity index is 317. The molecule has 0 unspecified atom stereocenters. The molecule has 1 aromatic heterocycles. The summed E-state index contributed by atoms with van der Waals surface area (Å²) in [6.07, 6.45) is -4.66. The average Bonchev–Trinajstić information content (AvgIpc) is 2.49. The number of carbonyl (C=O) groups is 1. The van der Waals surface area contributed by atoms with Gasteiger partial charge in [0.25, 0.3) is 0 Å².